The maximum Gasteiger partial charge on any atom is 0.294 e. The van der Waals surface area contributed by atoms with E-state index in [1.807, 2.05) is 121 Å². The Hall–Kier alpha value is -9.08. The molecule has 0 atom stereocenters. The van der Waals surface area contributed by atoms with Crippen LogP contribution in [0, 0.1) is 20.8 Å². The van der Waals surface area contributed by atoms with Crippen molar-refractivity contribution in [2.45, 2.75) is 110 Å². The number of halogens is 3. The lowest BCUT2D eigenvalue weighted by Gasteiger charge is -2.43. The van der Waals surface area contributed by atoms with Crippen LogP contribution in [0.1, 0.15) is 76.2 Å². The summed E-state index contributed by atoms with van der Waals surface area (Å²) >= 11 is 12.9. The molecule has 10 heterocycles. The fraction of sp³-hybridized carbons (Fsp3) is 0.438. The van der Waals surface area contributed by atoms with Gasteiger partial charge in [0.05, 0.1) is 74.6 Å². The Balaban J connectivity index is 0.000000179. The molecule has 6 aromatic heterocycles. The molecule has 4 aliphatic heterocycles. The molecule has 4 saturated heterocycles. The number of hydrogen-bond donors (Lipinski definition) is 6. The predicted molar refractivity (Wildman–Crippen MR) is 515 cm³/mol. The lowest BCUT2D eigenvalue weighted by atomic mass is 9.98. The van der Waals surface area contributed by atoms with Gasteiger partial charge in [-0.1, -0.05) is 43.2 Å². The maximum absolute atomic E-state index is 13.6. The van der Waals surface area contributed by atoms with Crippen LogP contribution in [0.4, 0.5) is 51.7 Å². The lowest BCUT2D eigenvalue weighted by Crippen LogP contribution is -2.52. The summed E-state index contributed by atoms with van der Waals surface area (Å²) in [5.74, 6) is 2.87. The van der Waals surface area contributed by atoms with Crippen LogP contribution < -0.4 is 51.6 Å². The molecule has 0 radical (unpaired) electrons. The molecule has 11 aromatic rings. The SMILES string of the molecule is CCCCO.CCn1cc(-c2cc(N)c(OC)cc2N2CCC(N3CCN(C)CC3)CC2)cn1.CCn1cc(-c2cc(Nc3ncc(Br)c(Nc4ccc(-c5cc(C)n(C)n5)cc4P(C)(C)=O)n3)c(OC)cc2N2CCC(N3CCN(C)CC3)CC2)cn1.Cc1cc(-c2ccc(Nc3nc(Cl)ncc3Br)c(P(C)(C)=O)c2)nn1C.Cc1ccc(S(=O)(=O)O)cc1. The number of aliphatic hydroxyl groups is 1. The van der Waals surface area contributed by atoms with Crippen molar-refractivity contribution in [1.29, 1.82) is 0 Å². The molecule has 30 nitrogen and oxygen atoms in total. The molecule has 15 rings (SSSR count). The van der Waals surface area contributed by atoms with Crippen molar-refractivity contribution in [3.8, 4) is 56.3 Å². The molecule has 4 aliphatic rings. The van der Waals surface area contributed by atoms with Gasteiger partial charge in [0.1, 0.15) is 37.4 Å². The van der Waals surface area contributed by atoms with Gasteiger partial charge in [-0.3, -0.25) is 33.1 Å². The monoisotopic (exact) mass is 1910 g/mol. The molecule has 672 valence electrons. The Morgan fingerprint density at radius 3 is 1.38 bits per heavy atom. The van der Waals surface area contributed by atoms with Crippen LogP contribution in [0.2, 0.25) is 5.28 Å². The summed E-state index contributed by atoms with van der Waals surface area (Å²) in [5, 5.41) is 37.9. The Morgan fingerprint density at radius 1 is 0.544 bits per heavy atom. The summed E-state index contributed by atoms with van der Waals surface area (Å²) in [6.07, 6.45) is 18.0. The van der Waals surface area contributed by atoms with Gasteiger partial charge in [-0.15, -0.1) is 0 Å². The van der Waals surface area contributed by atoms with Crippen molar-refractivity contribution in [2.24, 2.45) is 14.1 Å². The van der Waals surface area contributed by atoms with E-state index in [4.69, 9.17) is 41.5 Å². The number of piperidine rings is 2. The third-order valence-corrected chi connectivity index (χ3v) is 28.2. The zero-order chi connectivity index (χ0) is 90.2. The number of hydrogen-bond acceptors (Lipinski definition) is 25. The van der Waals surface area contributed by atoms with E-state index in [-0.39, 0.29) is 10.2 Å². The van der Waals surface area contributed by atoms with E-state index in [0.29, 0.717) is 73.3 Å². The minimum atomic E-state index is -4.02. The number of piperazine rings is 2. The highest BCUT2D eigenvalue weighted by Crippen LogP contribution is 2.46. The predicted octanol–water partition coefficient (Wildman–Crippen LogP) is 15.8. The van der Waals surface area contributed by atoms with Crippen LogP contribution in [0.5, 0.6) is 11.5 Å². The van der Waals surface area contributed by atoms with Crippen LogP contribution in [-0.2, 0) is 46.4 Å². The van der Waals surface area contributed by atoms with Crippen molar-refractivity contribution in [3.63, 3.8) is 0 Å². The van der Waals surface area contributed by atoms with Crippen LogP contribution >= 0.6 is 57.7 Å². The number of aryl methyl sites for hydroxylation is 7. The molecule has 7 N–H and O–H groups in total. The number of nitrogens with zero attached hydrogens (tertiary/aromatic N) is 18. The molecule has 0 amide bonds. The number of nitrogens with one attached hydrogen (secondary N) is 3. The fourth-order valence-corrected chi connectivity index (χ4v) is 18.8. The topological polar surface area (TPSA) is 332 Å². The van der Waals surface area contributed by atoms with Crippen molar-refractivity contribution >= 4 is 130 Å². The van der Waals surface area contributed by atoms with Crippen LogP contribution in [0.15, 0.2) is 148 Å². The second-order valence-electron chi connectivity index (χ2n) is 32.7. The van der Waals surface area contributed by atoms with E-state index < -0.39 is 24.4 Å². The van der Waals surface area contributed by atoms with Gasteiger partial charge in [0.2, 0.25) is 11.2 Å². The summed E-state index contributed by atoms with van der Waals surface area (Å²) in [5.41, 5.74) is 22.3. The van der Waals surface area contributed by atoms with Gasteiger partial charge in [0.25, 0.3) is 10.1 Å². The third-order valence-electron chi connectivity index (χ3n) is 22.9. The zero-order valence-corrected chi connectivity index (χ0v) is 81.1. The van der Waals surface area contributed by atoms with E-state index in [2.05, 4.69) is 178 Å². The molecule has 0 bridgehead atoms. The van der Waals surface area contributed by atoms with Crippen LogP contribution in [-0.4, -0.2) is 249 Å². The molecule has 4 fully saturated rings. The van der Waals surface area contributed by atoms with Gasteiger partial charge >= 0.3 is 0 Å². The van der Waals surface area contributed by atoms with Crippen molar-refractivity contribution < 1.29 is 36.7 Å². The molecular weight excluding hydrogens is 1790 g/mol. The number of rotatable bonds is 23. The van der Waals surface area contributed by atoms with E-state index in [1.54, 1.807) is 65.4 Å². The summed E-state index contributed by atoms with van der Waals surface area (Å²) in [6, 6.07) is 31.4. The Kier molecular flexibility index (Phi) is 33.7. The van der Waals surface area contributed by atoms with E-state index in [9.17, 15) is 17.5 Å². The average Bonchev–Trinajstić information content (AvgIpc) is 1.76. The Morgan fingerprint density at radius 2 is 0.984 bits per heavy atom. The van der Waals surface area contributed by atoms with Gasteiger partial charge in [-0.2, -0.15) is 38.8 Å². The van der Waals surface area contributed by atoms with Gasteiger partial charge in [-0.05, 0) is 212 Å². The first-order valence-electron chi connectivity index (χ1n) is 42.2. The second-order valence-corrected chi connectivity index (χ2v) is 42.5. The van der Waals surface area contributed by atoms with E-state index in [1.165, 1.54) is 56.8 Å². The molecule has 5 aromatic carbocycles. The lowest BCUT2D eigenvalue weighted by molar-refractivity contribution is 0.0982. The Bertz CT molecular complexity index is 5630. The number of anilines is 9. The number of nitrogen functional groups attached to an aromatic ring is 1. The van der Waals surface area contributed by atoms with E-state index >= 15 is 0 Å². The normalized spacial score (nSPS) is 15.3. The molecule has 125 heavy (non-hydrogen) atoms. The minimum Gasteiger partial charge on any atom is -0.495 e. The number of aliphatic hydroxyl groups excluding tert-OH is 1. The molecule has 0 saturated carbocycles. The standard InChI is InChI=1S/C39H51BrN11O2P.C22H34N6O.C17H18BrClN5OP.C7H8O3S.C4H10O/c1-8-51-25-28(23-42-51)30-21-34(36(53-5)22-35(30)50-13-11-29(12-14-50)49-17-15-47(3)16-18-49)44-39-41-24-31(40)38(45-39)43-32-10-9-27(20-37(32)54(6,7)52)33-19-26(2)48(4)46-33;1-4-28-16-17(15-24-28)19-13-20(23)22(29-3)14-21(19)27-7-5-18(6-8-27)26-11-9-25(2)10-12-26;1-10-7-14(23-24(10)2)11-5-6-13(15(8-11)26(3,4)25)21-16-12(18)9-20-17(19)22-16;1-6-2-4-7(5-3-6)11(8,9)10;1-2-3-4-5/h9-10,19-25,29H,8,11-18H2,1-7H3,(H2,41,43,44,45);13-16,18H,4-12,23H2,1-3H3;5-9H,1-4H3,(H,20,21,22);2-5H,1H3,(H,8,9,10);5H,2-4H2,1H3. The number of methoxy groups -OCH3 is 2. The highest BCUT2D eigenvalue weighted by Gasteiger charge is 2.32. The average molecular weight is 1920 g/mol. The van der Waals surface area contributed by atoms with E-state index in [0.717, 1.165) is 175 Å². The largest absolute Gasteiger partial charge is 0.495 e. The number of benzene rings is 5. The number of ether oxygens (including phenoxy) is 2. The first-order valence-corrected chi connectivity index (χ1v) is 50.8. The summed E-state index contributed by atoms with van der Waals surface area (Å²) in [6.45, 7) is 34.5. The molecule has 0 unspecified atom stereocenters. The number of likely N-dealkylation sites (N-methyl/N-ethyl adjacent to an activating group) is 2. The highest BCUT2D eigenvalue weighted by molar-refractivity contribution is 9.11. The van der Waals surface area contributed by atoms with Gasteiger partial charge in [0, 0.05) is 228 Å². The fourth-order valence-electron chi connectivity index (χ4n) is 15.3. The van der Waals surface area contributed by atoms with Crippen molar-refractivity contribution in [3.05, 3.63) is 165 Å². The number of unbranched alkanes of at least 4 members (excludes halogenated alkanes) is 1. The van der Waals surface area contributed by atoms with Crippen LogP contribution in [0.25, 0.3) is 44.8 Å². The summed E-state index contributed by atoms with van der Waals surface area (Å²) in [4.78, 5) is 32.7. The van der Waals surface area contributed by atoms with Crippen molar-refractivity contribution in [1.82, 2.24) is 78.7 Å². The minimum absolute atomic E-state index is 0.0666. The maximum atomic E-state index is 13.6. The van der Waals surface area contributed by atoms with Gasteiger partial charge in [-0.25, -0.2) is 9.97 Å². The molecule has 36 heteroatoms. The molecular formula is C89H121Br2ClN22O8P2S. The molecule has 0 spiro atoms. The molecule has 0 aliphatic carbocycles. The summed E-state index contributed by atoms with van der Waals surface area (Å²) < 4.78 is 76.5. The summed E-state index contributed by atoms with van der Waals surface area (Å²) in [7, 11) is 2.34. The highest BCUT2D eigenvalue weighted by atomic mass is 79.9. The Labute approximate surface area is 757 Å². The third kappa shape index (κ3) is 25.7. The van der Waals surface area contributed by atoms with Gasteiger partial charge < -0.3 is 65.0 Å². The smallest absolute Gasteiger partial charge is 0.294 e. The van der Waals surface area contributed by atoms with Crippen molar-refractivity contribution in [2.75, 3.05) is 172 Å². The first kappa shape index (κ1) is 96.6. The number of aromatic nitrogens is 12. The zero-order valence-electron chi connectivity index (χ0n) is 74.6. The first-order chi connectivity index (χ1) is 59.5. The number of nitrogens with two attached hydrogens (primary N) is 1. The quantitative estimate of drug-likeness (QED) is 0.0150. The van der Waals surface area contributed by atoms with Gasteiger partial charge in [0.15, 0.2) is 0 Å². The second kappa shape index (κ2) is 43.6. The van der Waals surface area contributed by atoms with Crippen LogP contribution in [0.3, 0.4) is 0 Å².